The van der Waals surface area contributed by atoms with Gasteiger partial charge in [-0.15, -0.1) is 12.3 Å². The van der Waals surface area contributed by atoms with Crippen molar-refractivity contribution in [1.82, 2.24) is 0 Å². The second kappa shape index (κ2) is 8.31. The summed E-state index contributed by atoms with van der Waals surface area (Å²) in [5, 5.41) is 0. The maximum Gasteiger partial charge on any atom is 0.309 e. The van der Waals surface area contributed by atoms with Gasteiger partial charge in [0.2, 0.25) is 0 Å². The number of terminal acetylenes is 1. The van der Waals surface area contributed by atoms with Gasteiger partial charge in [0.05, 0.1) is 12.5 Å². The van der Waals surface area contributed by atoms with Crippen molar-refractivity contribution in [1.29, 1.82) is 0 Å². The first kappa shape index (κ1) is 12.7. The van der Waals surface area contributed by atoms with Gasteiger partial charge in [0.1, 0.15) is 6.29 Å². The van der Waals surface area contributed by atoms with Crippen LogP contribution in [-0.4, -0.2) is 18.9 Å². The van der Waals surface area contributed by atoms with E-state index >= 15 is 0 Å². The van der Waals surface area contributed by atoms with Gasteiger partial charge in [-0.25, -0.2) is 0 Å². The molecule has 0 N–H and O–H groups in total. The molecule has 0 fully saturated rings. The number of carbonyl (C=O) groups excluding carboxylic acids is 2. The molecule has 78 valence electrons. The van der Waals surface area contributed by atoms with Crippen LogP contribution in [0.2, 0.25) is 0 Å². The maximum atomic E-state index is 11.3. The van der Waals surface area contributed by atoms with E-state index in [2.05, 4.69) is 5.92 Å². The molecule has 0 rings (SSSR count). The zero-order valence-corrected chi connectivity index (χ0v) is 8.49. The predicted molar refractivity (Wildman–Crippen MR) is 53.5 cm³/mol. The Labute approximate surface area is 84.8 Å². The Morgan fingerprint density at radius 3 is 2.86 bits per heavy atom. The summed E-state index contributed by atoms with van der Waals surface area (Å²) >= 11 is 0. The molecule has 0 radical (unpaired) electrons. The Bertz CT molecular complexity index is 215. The Balaban J connectivity index is 3.94. The molecule has 0 spiro atoms. The van der Waals surface area contributed by atoms with E-state index in [4.69, 9.17) is 11.2 Å². The number of aldehydes is 1. The highest BCUT2D eigenvalue weighted by molar-refractivity contribution is 5.75. The predicted octanol–water partition coefficient (Wildman–Crippen LogP) is 1.56. The van der Waals surface area contributed by atoms with Crippen LogP contribution in [0.4, 0.5) is 0 Å². The average molecular weight is 196 g/mol. The van der Waals surface area contributed by atoms with Gasteiger partial charge in [0.15, 0.2) is 0 Å². The van der Waals surface area contributed by atoms with Crippen LogP contribution in [0, 0.1) is 18.3 Å². The lowest BCUT2D eigenvalue weighted by Crippen LogP contribution is -2.18. The quantitative estimate of drug-likeness (QED) is 0.268. The summed E-state index contributed by atoms with van der Waals surface area (Å²) < 4.78 is 4.84. The maximum absolute atomic E-state index is 11.3. The third-order valence-electron chi connectivity index (χ3n) is 1.87. The fourth-order valence-electron chi connectivity index (χ4n) is 1.16. The molecule has 0 amide bonds. The number of hydrogen-bond donors (Lipinski definition) is 0. The number of hydrogen-bond acceptors (Lipinski definition) is 3. The molecule has 3 heteroatoms. The van der Waals surface area contributed by atoms with Gasteiger partial charge >= 0.3 is 5.97 Å². The van der Waals surface area contributed by atoms with Crippen LogP contribution >= 0.6 is 0 Å². The first-order chi connectivity index (χ1) is 6.76. The van der Waals surface area contributed by atoms with Gasteiger partial charge in [0.25, 0.3) is 0 Å². The first-order valence-corrected chi connectivity index (χ1v) is 4.80. The summed E-state index contributed by atoms with van der Waals surface area (Å²) in [6.45, 7) is 2.10. The molecule has 0 aromatic heterocycles. The van der Waals surface area contributed by atoms with Crippen LogP contribution in [0.15, 0.2) is 0 Å². The summed E-state index contributed by atoms with van der Waals surface area (Å²) in [6.07, 6.45) is 8.08. The minimum Gasteiger partial charge on any atom is -0.466 e. The molecule has 0 aliphatic heterocycles. The van der Waals surface area contributed by atoms with E-state index in [9.17, 15) is 9.59 Å². The summed E-state index contributed by atoms with van der Waals surface area (Å²) in [5.41, 5.74) is 0. The van der Waals surface area contributed by atoms with E-state index in [1.165, 1.54) is 0 Å². The lowest BCUT2D eigenvalue weighted by atomic mass is 9.99. The fraction of sp³-hybridized carbons (Fsp3) is 0.636. The molecule has 14 heavy (non-hydrogen) atoms. The Kier molecular flexibility index (Phi) is 7.53. The van der Waals surface area contributed by atoms with Crippen molar-refractivity contribution in [2.45, 2.75) is 32.6 Å². The molecule has 0 aromatic rings. The van der Waals surface area contributed by atoms with Crippen molar-refractivity contribution in [3.8, 4) is 12.3 Å². The standard InChI is InChI=1S/C11H16O3/c1-3-5-6-7-10(8-9-12)11(13)14-4-2/h1,9-10H,4-8H2,2H3. The van der Waals surface area contributed by atoms with Crippen LogP contribution in [0.3, 0.4) is 0 Å². The molecular formula is C11H16O3. The highest BCUT2D eigenvalue weighted by Gasteiger charge is 2.18. The Morgan fingerprint density at radius 1 is 1.64 bits per heavy atom. The van der Waals surface area contributed by atoms with E-state index in [-0.39, 0.29) is 18.3 Å². The molecule has 1 atom stereocenters. The van der Waals surface area contributed by atoms with Crippen molar-refractivity contribution in [3.63, 3.8) is 0 Å². The van der Waals surface area contributed by atoms with Crippen LogP contribution in [0.5, 0.6) is 0 Å². The molecule has 0 aliphatic carbocycles. The summed E-state index contributed by atoms with van der Waals surface area (Å²) in [6, 6.07) is 0. The van der Waals surface area contributed by atoms with Gasteiger partial charge in [-0.1, -0.05) is 0 Å². The van der Waals surface area contributed by atoms with Crippen molar-refractivity contribution >= 4 is 12.3 Å². The van der Waals surface area contributed by atoms with Gasteiger partial charge in [-0.3, -0.25) is 4.79 Å². The van der Waals surface area contributed by atoms with E-state index in [1.54, 1.807) is 6.92 Å². The van der Waals surface area contributed by atoms with E-state index in [1.807, 2.05) is 0 Å². The summed E-state index contributed by atoms with van der Waals surface area (Å²) in [7, 11) is 0. The largest absolute Gasteiger partial charge is 0.466 e. The third-order valence-corrected chi connectivity index (χ3v) is 1.87. The third kappa shape index (κ3) is 5.36. The molecule has 0 aromatic carbocycles. The number of carbonyl (C=O) groups is 2. The van der Waals surface area contributed by atoms with Crippen molar-refractivity contribution in [2.75, 3.05) is 6.61 Å². The molecule has 0 heterocycles. The minimum atomic E-state index is -0.319. The Hall–Kier alpha value is -1.30. The van der Waals surface area contributed by atoms with Gasteiger partial charge in [-0.2, -0.15) is 0 Å². The number of esters is 1. The van der Waals surface area contributed by atoms with Gasteiger partial charge < -0.3 is 9.53 Å². The number of rotatable bonds is 7. The van der Waals surface area contributed by atoms with Gasteiger partial charge in [-0.05, 0) is 19.8 Å². The second-order valence-corrected chi connectivity index (χ2v) is 2.95. The van der Waals surface area contributed by atoms with Crippen molar-refractivity contribution in [2.24, 2.45) is 5.92 Å². The van der Waals surface area contributed by atoms with Crippen molar-refractivity contribution < 1.29 is 14.3 Å². The van der Waals surface area contributed by atoms with E-state index < -0.39 is 0 Å². The second-order valence-electron chi connectivity index (χ2n) is 2.95. The highest BCUT2D eigenvalue weighted by atomic mass is 16.5. The minimum absolute atomic E-state index is 0.226. The normalized spacial score (nSPS) is 11.4. The zero-order valence-electron chi connectivity index (χ0n) is 8.49. The van der Waals surface area contributed by atoms with Crippen LogP contribution in [0.1, 0.15) is 32.6 Å². The molecule has 0 saturated heterocycles. The highest BCUT2D eigenvalue weighted by Crippen LogP contribution is 2.13. The average Bonchev–Trinajstić information content (AvgIpc) is 2.17. The molecular weight excluding hydrogens is 180 g/mol. The topological polar surface area (TPSA) is 43.4 Å². The van der Waals surface area contributed by atoms with E-state index in [0.29, 0.717) is 19.4 Å². The smallest absolute Gasteiger partial charge is 0.309 e. The molecule has 0 bridgehead atoms. The molecule has 0 saturated carbocycles. The molecule has 1 unspecified atom stereocenters. The zero-order chi connectivity index (χ0) is 10.8. The SMILES string of the molecule is C#CCCCC(CC=O)C(=O)OCC. The van der Waals surface area contributed by atoms with Crippen molar-refractivity contribution in [3.05, 3.63) is 0 Å². The van der Waals surface area contributed by atoms with Crippen LogP contribution in [0.25, 0.3) is 0 Å². The summed E-state index contributed by atoms with van der Waals surface area (Å²) in [5.74, 6) is 1.88. The number of unbranched alkanes of at least 4 members (excludes halogenated alkanes) is 1. The lowest BCUT2D eigenvalue weighted by Gasteiger charge is -2.11. The monoisotopic (exact) mass is 196 g/mol. The van der Waals surface area contributed by atoms with E-state index in [0.717, 1.165) is 12.7 Å². The Morgan fingerprint density at radius 2 is 2.36 bits per heavy atom. The lowest BCUT2D eigenvalue weighted by molar-refractivity contribution is -0.149. The summed E-state index contributed by atoms with van der Waals surface area (Å²) in [4.78, 5) is 21.6. The molecule has 0 aliphatic rings. The number of ether oxygens (including phenoxy) is 1. The van der Waals surface area contributed by atoms with Crippen LogP contribution < -0.4 is 0 Å². The fourth-order valence-corrected chi connectivity index (χ4v) is 1.16. The van der Waals surface area contributed by atoms with Gasteiger partial charge in [0, 0.05) is 12.8 Å². The molecule has 3 nitrogen and oxygen atoms in total. The van der Waals surface area contributed by atoms with Crippen LogP contribution in [-0.2, 0) is 14.3 Å². The first-order valence-electron chi connectivity index (χ1n) is 4.80.